The van der Waals surface area contributed by atoms with E-state index in [4.69, 9.17) is 9.47 Å². The van der Waals surface area contributed by atoms with Crippen molar-refractivity contribution in [1.82, 2.24) is 10.6 Å². The summed E-state index contributed by atoms with van der Waals surface area (Å²) in [6.07, 6.45) is 1.76. The van der Waals surface area contributed by atoms with Crippen LogP contribution in [0.15, 0.2) is 97.1 Å². The summed E-state index contributed by atoms with van der Waals surface area (Å²) in [6, 6.07) is 30.5. The predicted octanol–water partition coefficient (Wildman–Crippen LogP) is 1.86. The van der Waals surface area contributed by atoms with Gasteiger partial charge in [-0.25, -0.2) is 0 Å². The minimum absolute atomic E-state index is 0.516. The van der Waals surface area contributed by atoms with Crippen LogP contribution in [0.4, 0.5) is 0 Å². The number of hydrogen-bond donors (Lipinski definition) is 6. The zero-order valence-corrected chi connectivity index (χ0v) is 23.7. The van der Waals surface area contributed by atoms with E-state index >= 15 is 0 Å². The molecule has 0 aliphatic carbocycles. The first-order valence-electron chi connectivity index (χ1n) is 14.2. The van der Waals surface area contributed by atoms with Crippen molar-refractivity contribution in [2.75, 3.05) is 13.2 Å². The topological polar surface area (TPSA) is 123 Å². The fourth-order valence-electron chi connectivity index (χ4n) is 4.57. The molecule has 4 rings (SSSR count). The van der Waals surface area contributed by atoms with Gasteiger partial charge in [0.15, 0.2) is 0 Å². The van der Waals surface area contributed by atoms with Gasteiger partial charge in [0.1, 0.15) is 11.5 Å². The standard InChI is InChI=1S/C32H38B2N2O6/c37-33(38)31-9-3-1-7-27(31)23-35-21-25-11-15-29(16-12-25)41-19-5-6-20-42-30-17-13-26(14-18-30)22-36-24-28-8-2-4-10-32(28)34(39)40/h1-4,7-18,35-40H,5-6,19-24H2. The summed E-state index contributed by atoms with van der Waals surface area (Å²) in [6.45, 7) is 3.64. The smallest absolute Gasteiger partial charge is 0.488 e. The Morgan fingerprint density at radius 2 is 0.857 bits per heavy atom. The predicted molar refractivity (Wildman–Crippen MR) is 167 cm³/mol. The van der Waals surface area contributed by atoms with Crippen LogP contribution in [-0.4, -0.2) is 47.5 Å². The van der Waals surface area contributed by atoms with Crippen molar-refractivity contribution in [1.29, 1.82) is 0 Å². The van der Waals surface area contributed by atoms with Gasteiger partial charge in [-0.15, -0.1) is 0 Å². The van der Waals surface area contributed by atoms with Gasteiger partial charge in [-0.2, -0.15) is 0 Å². The SMILES string of the molecule is OB(O)c1ccccc1CNCc1ccc(OCCCCOc2ccc(CNCc3ccccc3B(O)O)cc2)cc1. The van der Waals surface area contributed by atoms with Crippen LogP contribution in [0.5, 0.6) is 11.5 Å². The molecule has 0 aliphatic rings. The van der Waals surface area contributed by atoms with E-state index in [2.05, 4.69) is 10.6 Å². The largest absolute Gasteiger partial charge is 0.494 e. The van der Waals surface area contributed by atoms with Crippen LogP contribution in [-0.2, 0) is 26.2 Å². The first-order chi connectivity index (χ1) is 20.5. The molecule has 0 spiro atoms. The van der Waals surface area contributed by atoms with E-state index in [1.165, 1.54) is 0 Å². The molecule has 6 N–H and O–H groups in total. The highest BCUT2D eigenvalue weighted by atomic mass is 16.5. The van der Waals surface area contributed by atoms with Crippen LogP contribution in [0.2, 0.25) is 0 Å². The van der Waals surface area contributed by atoms with E-state index in [0.29, 0.717) is 50.3 Å². The van der Waals surface area contributed by atoms with Crippen LogP contribution in [0.25, 0.3) is 0 Å². The molecule has 0 amide bonds. The van der Waals surface area contributed by atoms with Crippen molar-refractivity contribution in [2.45, 2.75) is 39.0 Å². The zero-order chi connectivity index (χ0) is 29.6. The second kappa shape index (κ2) is 16.7. The first-order valence-corrected chi connectivity index (χ1v) is 14.2. The average Bonchev–Trinajstić information content (AvgIpc) is 3.00. The fourth-order valence-corrected chi connectivity index (χ4v) is 4.57. The number of nitrogens with one attached hydrogen (secondary N) is 2. The van der Waals surface area contributed by atoms with Gasteiger partial charge in [-0.1, -0.05) is 72.8 Å². The van der Waals surface area contributed by atoms with E-state index in [0.717, 1.165) is 46.6 Å². The summed E-state index contributed by atoms with van der Waals surface area (Å²) in [5.41, 5.74) is 4.99. The first kappa shape index (κ1) is 31.3. The number of hydrogen-bond acceptors (Lipinski definition) is 8. The lowest BCUT2D eigenvalue weighted by Gasteiger charge is -2.11. The number of rotatable bonds is 17. The van der Waals surface area contributed by atoms with Crippen molar-refractivity contribution in [3.63, 3.8) is 0 Å². The van der Waals surface area contributed by atoms with Crippen LogP contribution >= 0.6 is 0 Å². The molecule has 0 radical (unpaired) electrons. The maximum absolute atomic E-state index is 9.50. The lowest BCUT2D eigenvalue weighted by atomic mass is 9.77. The molecule has 0 bridgehead atoms. The Hall–Kier alpha value is -3.63. The molecule has 0 saturated heterocycles. The molecule has 0 atom stereocenters. The summed E-state index contributed by atoms with van der Waals surface area (Å²) in [4.78, 5) is 0. The van der Waals surface area contributed by atoms with Crippen molar-refractivity contribution in [3.05, 3.63) is 119 Å². The summed E-state index contributed by atoms with van der Waals surface area (Å²) in [5, 5.41) is 44.7. The van der Waals surface area contributed by atoms with Crippen molar-refractivity contribution in [3.8, 4) is 11.5 Å². The summed E-state index contributed by atoms with van der Waals surface area (Å²) >= 11 is 0. The van der Waals surface area contributed by atoms with E-state index in [-0.39, 0.29) is 0 Å². The second-order valence-corrected chi connectivity index (χ2v) is 10.0. The molecule has 0 heterocycles. The molecule has 4 aromatic carbocycles. The Labute approximate surface area is 248 Å². The lowest BCUT2D eigenvalue weighted by Crippen LogP contribution is -2.34. The summed E-state index contributed by atoms with van der Waals surface area (Å²) in [7, 11) is -2.95. The minimum atomic E-state index is -1.47. The van der Waals surface area contributed by atoms with Gasteiger partial charge in [-0.05, 0) is 70.3 Å². The van der Waals surface area contributed by atoms with Crippen LogP contribution in [0.3, 0.4) is 0 Å². The molecule has 4 aromatic rings. The number of ether oxygens (including phenoxy) is 2. The molecule has 218 valence electrons. The highest BCUT2D eigenvalue weighted by Crippen LogP contribution is 2.15. The van der Waals surface area contributed by atoms with Gasteiger partial charge in [0.2, 0.25) is 0 Å². The summed E-state index contributed by atoms with van der Waals surface area (Å²) in [5.74, 6) is 1.65. The van der Waals surface area contributed by atoms with Crippen molar-refractivity contribution < 1.29 is 29.6 Å². The van der Waals surface area contributed by atoms with Crippen LogP contribution in [0.1, 0.15) is 35.1 Å². The van der Waals surface area contributed by atoms with Gasteiger partial charge in [0.05, 0.1) is 13.2 Å². The van der Waals surface area contributed by atoms with Gasteiger partial charge >= 0.3 is 14.2 Å². The molecule has 0 aliphatic heterocycles. The van der Waals surface area contributed by atoms with Gasteiger partial charge in [0, 0.05) is 26.2 Å². The average molecular weight is 568 g/mol. The maximum Gasteiger partial charge on any atom is 0.488 e. The molecule has 8 nitrogen and oxygen atoms in total. The second-order valence-electron chi connectivity index (χ2n) is 10.0. The zero-order valence-electron chi connectivity index (χ0n) is 23.7. The fraction of sp³-hybridized carbons (Fsp3) is 0.250. The van der Waals surface area contributed by atoms with E-state index in [1.54, 1.807) is 24.3 Å². The third-order valence-electron chi connectivity index (χ3n) is 6.88. The molecule has 0 unspecified atom stereocenters. The van der Waals surface area contributed by atoms with Crippen LogP contribution < -0.4 is 31.0 Å². The lowest BCUT2D eigenvalue weighted by molar-refractivity contribution is 0.266. The highest BCUT2D eigenvalue weighted by molar-refractivity contribution is 6.59. The Morgan fingerprint density at radius 1 is 0.476 bits per heavy atom. The normalized spacial score (nSPS) is 10.9. The molecule has 0 fully saturated rings. The summed E-state index contributed by atoms with van der Waals surface area (Å²) < 4.78 is 11.7. The van der Waals surface area contributed by atoms with Crippen LogP contribution in [0, 0.1) is 0 Å². The van der Waals surface area contributed by atoms with E-state index < -0.39 is 14.2 Å². The van der Waals surface area contributed by atoms with Gasteiger partial charge in [0.25, 0.3) is 0 Å². The molecule has 0 aromatic heterocycles. The Balaban J connectivity index is 1.07. The molecular weight excluding hydrogens is 530 g/mol. The van der Waals surface area contributed by atoms with Crippen molar-refractivity contribution in [2.24, 2.45) is 0 Å². The van der Waals surface area contributed by atoms with Gasteiger partial charge in [-0.3, -0.25) is 0 Å². The number of benzene rings is 4. The molecule has 42 heavy (non-hydrogen) atoms. The van der Waals surface area contributed by atoms with E-state index in [9.17, 15) is 20.1 Å². The Kier molecular flexibility index (Phi) is 12.5. The Bertz CT molecular complexity index is 1250. The minimum Gasteiger partial charge on any atom is -0.494 e. The quantitative estimate of drug-likeness (QED) is 0.0844. The molecular formula is C32H38B2N2O6. The Morgan fingerprint density at radius 3 is 1.24 bits per heavy atom. The monoisotopic (exact) mass is 568 g/mol. The molecule has 0 saturated carbocycles. The number of unbranched alkanes of at least 4 members (excludes halogenated alkanes) is 1. The van der Waals surface area contributed by atoms with Gasteiger partial charge < -0.3 is 40.2 Å². The highest BCUT2D eigenvalue weighted by Gasteiger charge is 2.15. The maximum atomic E-state index is 9.50. The third-order valence-corrected chi connectivity index (χ3v) is 6.88. The van der Waals surface area contributed by atoms with Crippen molar-refractivity contribution >= 4 is 25.2 Å². The molecule has 10 heteroatoms. The third kappa shape index (κ3) is 10.0. The van der Waals surface area contributed by atoms with E-state index in [1.807, 2.05) is 72.8 Å².